The normalized spacial score (nSPS) is 18.5. The average molecular weight is 304 g/mol. The van der Waals surface area contributed by atoms with Crippen LogP contribution in [-0.4, -0.2) is 47.6 Å². The SMILES string of the molecule is C=CCOc1cccc(CN2CCNC(=O)C2CC(=O)O)c1. The van der Waals surface area contributed by atoms with Crippen LogP contribution in [0.5, 0.6) is 5.75 Å². The van der Waals surface area contributed by atoms with Crippen molar-refractivity contribution < 1.29 is 19.4 Å². The largest absolute Gasteiger partial charge is 0.490 e. The van der Waals surface area contributed by atoms with E-state index in [0.717, 1.165) is 11.3 Å². The van der Waals surface area contributed by atoms with Crippen molar-refractivity contribution >= 4 is 11.9 Å². The highest BCUT2D eigenvalue weighted by molar-refractivity contribution is 5.86. The number of carbonyl (C=O) groups is 2. The second-order valence-corrected chi connectivity index (χ2v) is 5.12. The highest BCUT2D eigenvalue weighted by atomic mass is 16.5. The maximum absolute atomic E-state index is 11.9. The molecule has 0 aromatic heterocycles. The summed E-state index contributed by atoms with van der Waals surface area (Å²) in [5.74, 6) is -0.475. The van der Waals surface area contributed by atoms with Crippen LogP contribution in [0.25, 0.3) is 0 Å². The van der Waals surface area contributed by atoms with Gasteiger partial charge in [0.2, 0.25) is 5.91 Å². The molecule has 118 valence electrons. The topological polar surface area (TPSA) is 78.9 Å². The summed E-state index contributed by atoms with van der Waals surface area (Å²) in [5, 5.41) is 11.7. The molecule has 0 radical (unpaired) electrons. The van der Waals surface area contributed by atoms with Gasteiger partial charge in [-0.2, -0.15) is 0 Å². The summed E-state index contributed by atoms with van der Waals surface area (Å²) < 4.78 is 5.49. The van der Waals surface area contributed by atoms with Gasteiger partial charge in [-0.05, 0) is 17.7 Å². The quantitative estimate of drug-likeness (QED) is 0.736. The first-order valence-corrected chi connectivity index (χ1v) is 7.16. The fourth-order valence-corrected chi connectivity index (χ4v) is 2.46. The van der Waals surface area contributed by atoms with Crippen LogP contribution in [0, 0.1) is 0 Å². The second-order valence-electron chi connectivity index (χ2n) is 5.12. The Kier molecular flexibility index (Phi) is 5.55. The number of nitrogens with one attached hydrogen (secondary N) is 1. The van der Waals surface area contributed by atoms with Gasteiger partial charge in [0.25, 0.3) is 0 Å². The molecule has 22 heavy (non-hydrogen) atoms. The van der Waals surface area contributed by atoms with Crippen LogP contribution in [0.15, 0.2) is 36.9 Å². The lowest BCUT2D eigenvalue weighted by Crippen LogP contribution is -2.55. The minimum absolute atomic E-state index is 0.196. The number of carboxylic acid groups (broad SMARTS) is 1. The molecule has 0 saturated carbocycles. The zero-order valence-corrected chi connectivity index (χ0v) is 12.3. The fraction of sp³-hybridized carbons (Fsp3) is 0.375. The number of ether oxygens (including phenoxy) is 1. The summed E-state index contributed by atoms with van der Waals surface area (Å²) in [6.45, 7) is 5.70. The van der Waals surface area contributed by atoms with Gasteiger partial charge in [-0.3, -0.25) is 14.5 Å². The zero-order valence-electron chi connectivity index (χ0n) is 12.3. The van der Waals surface area contributed by atoms with Gasteiger partial charge in [-0.15, -0.1) is 0 Å². The Morgan fingerprint density at radius 3 is 3.09 bits per heavy atom. The average Bonchev–Trinajstić information content (AvgIpc) is 2.49. The molecule has 2 rings (SSSR count). The number of hydrogen-bond acceptors (Lipinski definition) is 4. The van der Waals surface area contributed by atoms with Gasteiger partial charge in [0, 0.05) is 19.6 Å². The highest BCUT2D eigenvalue weighted by Gasteiger charge is 2.31. The van der Waals surface area contributed by atoms with Gasteiger partial charge in [-0.1, -0.05) is 24.8 Å². The molecular weight excluding hydrogens is 284 g/mol. The molecule has 1 saturated heterocycles. The smallest absolute Gasteiger partial charge is 0.305 e. The number of piperazine rings is 1. The van der Waals surface area contributed by atoms with Crippen molar-refractivity contribution in [1.82, 2.24) is 10.2 Å². The van der Waals surface area contributed by atoms with Crippen LogP contribution in [0.3, 0.4) is 0 Å². The van der Waals surface area contributed by atoms with Crippen LogP contribution in [0.1, 0.15) is 12.0 Å². The second kappa shape index (κ2) is 7.61. The van der Waals surface area contributed by atoms with Gasteiger partial charge in [0.15, 0.2) is 0 Å². The standard InChI is InChI=1S/C16H20N2O4/c1-2-8-22-13-5-3-4-12(9-13)11-18-7-6-17-16(21)14(18)10-15(19)20/h2-5,9,14H,1,6-8,10-11H2,(H,17,21)(H,19,20). The summed E-state index contributed by atoms with van der Waals surface area (Å²) in [7, 11) is 0. The predicted molar refractivity (Wildman–Crippen MR) is 81.6 cm³/mol. The van der Waals surface area contributed by atoms with E-state index in [4.69, 9.17) is 9.84 Å². The third-order valence-corrected chi connectivity index (χ3v) is 3.46. The summed E-state index contributed by atoms with van der Waals surface area (Å²) in [6.07, 6.45) is 1.48. The first-order valence-electron chi connectivity index (χ1n) is 7.16. The van der Waals surface area contributed by atoms with E-state index in [0.29, 0.717) is 26.2 Å². The third-order valence-electron chi connectivity index (χ3n) is 3.46. The van der Waals surface area contributed by atoms with Crippen molar-refractivity contribution in [2.75, 3.05) is 19.7 Å². The number of carbonyl (C=O) groups excluding carboxylic acids is 1. The Hall–Kier alpha value is -2.34. The Morgan fingerprint density at radius 2 is 2.36 bits per heavy atom. The molecule has 1 amide bonds. The van der Waals surface area contributed by atoms with E-state index in [1.807, 2.05) is 29.2 Å². The van der Waals surface area contributed by atoms with E-state index < -0.39 is 12.0 Å². The van der Waals surface area contributed by atoms with Crippen molar-refractivity contribution in [3.8, 4) is 5.75 Å². The lowest BCUT2D eigenvalue weighted by atomic mass is 10.1. The molecule has 1 aromatic rings. The Balaban J connectivity index is 2.08. The summed E-state index contributed by atoms with van der Waals surface area (Å²) in [5.41, 5.74) is 0.978. The van der Waals surface area contributed by atoms with E-state index in [1.54, 1.807) is 6.08 Å². The summed E-state index contributed by atoms with van der Waals surface area (Å²) >= 11 is 0. The van der Waals surface area contributed by atoms with Crippen LogP contribution in [-0.2, 0) is 16.1 Å². The molecule has 0 aliphatic carbocycles. The van der Waals surface area contributed by atoms with Gasteiger partial charge >= 0.3 is 5.97 Å². The number of hydrogen-bond donors (Lipinski definition) is 2. The lowest BCUT2D eigenvalue weighted by Gasteiger charge is -2.34. The summed E-state index contributed by atoms with van der Waals surface area (Å²) in [4.78, 5) is 24.7. The molecule has 1 atom stereocenters. The van der Waals surface area contributed by atoms with Gasteiger partial charge in [0.05, 0.1) is 6.42 Å². The highest BCUT2D eigenvalue weighted by Crippen LogP contribution is 2.18. The molecule has 1 heterocycles. The maximum Gasteiger partial charge on any atom is 0.305 e. The molecule has 1 fully saturated rings. The predicted octanol–water partition coefficient (Wildman–Crippen LogP) is 1.03. The number of benzene rings is 1. The number of aliphatic carboxylic acids is 1. The van der Waals surface area contributed by atoms with Crippen LogP contribution < -0.4 is 10.1 Å². The van der Waals surface area contributed by atoms with E-state index in [2.05, 4.69) is 11.9 Å². The third kappa shape index (κ3) is 4.33. The molecule has 2 N–H and O–H groups in total. The summed E-state index contributed by atoms with van der Waals surface area (Å²) in [6, 6.07) is 6.93. The van der Waals surface area contributed by atoms with E-state index >= 15 is 0 Å². The molecule has 6 heteroatoms. The minimum Gasteiger partial charge on any atom is -0.490 e. The lowest BCUT2D eigenvalue weighted by molar-refractivity contribution is -0.143. The maximum atomic E-state index is 11.9. The van der Waals surface area contributed by atoms with Crippen LogP contribution >= 0.6 is 0 Å². The first-order chi connectivity index (χ1) is 10.6. The van der Waals surface area contributed by atoms with E-state index in [-0.39, 0.29) is 12.3 Å². The Morgan fingerprint density at radius 1 is 1.55 bits per heavy atom. The number of carboxylic acids is 1. The van der Waals surface area contributed by atoms with Crippen molar-refractivity contribution in [1.29, 1.82) is 0 Å². The van der Waals surface area contributed by atoms with E-state index in [9.17, 15) is 9.59 Å². The van der Waals surface area contributed by atoms with Gasteiger partial charge in [-0.25, -0.2) is 0 Å². The molecule has 1 aliphatic heterocycles. The Labute approximate surface area is 129 Å². The van der Waals surface area contributed by atoms with Crippen molar-refractivity contribution in [2.45, 2.75) is 19.0 Å². The fourth-order valence-electron chi connectivity index (χ4n) is 2.46. The zero-order chi connectivity index (χ0) is 15.9. The molecular formula is C16H20N2O4. The van der Waals surface area contributed by atoms with Crippen LogP contribution in [0.4, 0.5) is 0 Å². The van der Waals surface area contributed by atoms with Crippen molar-refractivity contribution in [3.05, 3.63) is 42.5 Å². The first kappa shape index (κ1) is 16.0. The Bertz CT molecular complexity index is 559. The number of nitrogens with zero attached hydrogens (tertiary/aromatic N) is 1. The molecule has 6 nitrogen and oxygen atoms in total. The number of amides is 1. The minimum atomic E-state index is -0.977. The van der Waals surface area contributed by atoms with Gasteiger partial charge < -0.3 is 15.2 Å². The van der Waals surface area contributed by atoms with Gasteiger partial charge in [0.1, 0.15) is 18.4 Å². The van der Waals surface area contributed by atoms with E-state index in [1.165, 1.54) is 0 Å². The molecule has 1 unspecified atom stereocenters. The van der Waals surface area contributed by atoms with Crippen LogP contribution in [0.2, 0.25) is 0 Å². The van der Waals surface area contributed by atoms with Crippen molar-refractivity contribution in [2.24, 2.45) is 0 Å². The monoisotopic (exact) mass is 304 g/mol. The molecule has 1 aromatic carbocycles. The molecule has 0 bridgehead atoms. The van der Waals surface area contributed by atoms with Crippen molar-refractivity contribution in [3.63, 3.8) is 0 Å². The number of rotatable bonds is 7. The molecule has 1 aliphatic rings. The molecule has 0 spiro atoms.